The number of benzene rings is 1. The molecule has 0 aliphatic carbocycles. The van der Waals surface area contributed by atoms with E-state index >= 15 is 0 Å². The number of ether oxygens (including phenoxy) is 3. The van der Waals surface area contributed by atoms with Gasteiger partial charge in [0.15, 0.2) is 0 Å². The highest BCUT2D eigenvalue weighted by Gasteiger charge is 2.09. The van der Waals surface area contributed by atoms with Gasteiger partial charge in [0.1, 0.15) is 0 Å². The fourth-order valence-electron chi connectivity index (χ4n) is 1.69. The summed E-state index contributed by atoms with van der Waals surface area (Å²) in [5.41, 5.74) is 1.32. The Bertz CT molecular complexity index is 306. The van der Waals surface area contributed by atoms with Crippen molar-refractivity contribution in [2.45, 2.75) is 12.3 Å². The maximum atomic E-state index is 5.71. The molecule has 0 heterocycles. The van der Waals surface area contributed by atoms with Gasteiger partial charge in [-0.1, -0.05) is 46.3 Å². The van der Waals surface area contributed by atoms with Crippen molar-refractivity contribution >= 4 is 15.9 Å². The predicted octanol–water partition coefficient (Wildman–Crippen LogP) is 3.23. The maximum Gasteiger partial charge on any atom is 0.0700 e. The van der Waals surface area contributed by atoms with Gasteiger partial charge in [0, 0.05) is 31.6 Å². The number of rotatable bonds is 11. The summed E-state index contributed by atoms with van der Waals surface area (Å²) in [5, 5.41) is 0.918. The van der Waals surface area contributed by atoms with Crippen LogP contribution in [0.3, 0.4) is 0 Å². The predicted molar refractivity (Wildman–Crippen MR) is 81.1 cm³/mol. The molecule has 0 aliphatic rings. The molecule has 108 valence electrons. The molecule has 0 N–H and O–H groups in total. The first kappa shape index (κ1) is 16.6. The maximum absolute atomic E-state index is 5.71. The van der Waals surface area contributed by atoms with Crippen molar-refractivity contribution in [1.82, 2.24) is 0 Å². The molecule has 0 amide bonds. The standard InChI is InChI=1S/C15H23BrO3/c1-17-10-11-18-8-5-9-19-13-15(12-16)14-6-3-2-4-7-14/h2-4,6-7,15H,5,8-13H2,1H3. The topological polar surface area (TPSA) is 27.7 Å². The second-order valence-corrected chi connectivity index (χ2v) is 4.94. The third-order valence-corrected chi connectivity index (χ3v) is 3.57. The zero-order valence-electron chi connectivity index (χ0n) is 11.5. The molecule has 0 radical (unpaired) electrons. The highest BCUT2D eigenvalue weighted by atomic mass is 79.9. The third-order valence-electron chi connectivity index (χ3n) is 2.79. The van der Waals surface area contributed by atoms with Crippen LogP contribution in [0.2, 0.25) is 0 Å². The Balaban J connectivity index is 2.07. The van der Waals surface area contributed by atoms with Crippen molar-refractivity contribution in [3.63, 3.8) is 0 Å². The van der Waals surface area contributed by atoms with E-state index in [4.69, 9.17) is 14.2 Å². The summed E-state index contributed by atoms with van der Waals surface area (Å²) in [6.45, 7) is 3.52. The number of alkyl halides is 1. The van der Waals surface area contributed by atoms with Gasteiger partial charge in [0.2, 0.25) is 0 Å². The van der Waals surface area contributed by atoms with E-state index in [0.717, 1.165) is 31.6 Å². The van der Waals surface area contributed by atoms with Crippen LogP contribution in [0.15, 0.2) is 30.3 Å². The molecule has 1 aromatic rings. The number of halogens is 1. The smallest absolute Gasteiger partial charge is 0.0700 e. The summed E-state index contributed by atoms with van der Waals surface area (Å²) < 4.78 is 16.0. The van der Waals surface area contributed by atoms with Crippen LogP contribution in [-0.2, 0) is 14.2 Å². The van der Waals surface area contributed by atoms with Crippen LogP contribution in [0.1, 0.15) is 17.9 Å². The summed E-state index contributed by atoms with van der Waals surface area (Å²) in [5.74, 6) is 0.413. The fraction of sp³-hybridized carbons (Fsp3) is 0.600. The van der Waals surface area contributed by atoms with Gasteiger partial charge in [-0.05, 0) is 12.0 Å². The zero-order chi connectivity index (χ0) is 13.8. The van der Waals surface area contributed by atoms with Gasteiger partial charge < -0.3 is 14.2 Å². The van der Waals surface area contributed by atoms with Crippen LogP contribution in [0.5, 0.6) is 0 Å². The molecule has 4 heteroatoms. The molecule has 1 atom stereocenters. The van der Waals surface area contributed by atoms with E-state index in [9.17, 15) is 0 Å². The minimum atomic E-state index is 0.413. The molecule has 0 saturated heterocycles. The molecule has 0 aliphatic heterocycles. The molecule has 19 heavy (non-hydrogen) atoms. The van der Waals surface area contributed by atoms with Gasteiger partial charge in [-0.25, -0.2) is 0 Å². The lowest BCUT2D eigenvalue weighted by Crippen LogP contribution is -2.11. The fourth-order valence-corrected chi connectivity index (χ4v) is 2.25. The van der Waals surface area contributed by atoms with E-state index in [1.165, 1.54) is 5.56 Å². The van der Waals surface area contributed by atoms with Crippen molar-refractivity contribution in [3.05, 3.63) is 35.9 Å². The van der Waals surface area contributed by atoms with Crippen molar-refractivity contribution in [3.8, 4) is 0 Å². The van der Waals surface area contributed by atoms with Gasteiger partial charge in [0.05, 0.1) is 19.8 Å². The first-order chi connectivity index (χ1) is 9.38. The van der Waals surface area contributed by atoms with Gasteiger partial charge >= 0.3 is 0 Å². The van der Waals surface area contributed by atoms with E-state index in [0.29, 0.717) is 19.1 Å². The molecule has 1 unspecified atom stereocenters. The quantitative estimate of drug-likeness (QED) is 0.460. The SMILES string of the molecule is COCCOCCCOCC(CBr)c1ccccc1. The molecule has 0 saturated carbocycles. The molecule has 0 fully saturated rings. The lowest BCUT2D eigenvalue weighted by Gasteiger charge is -2.14. The Labute approximate surface area is 124 Å². The van der Waals surface area contributed by atoms with E-state index in [1.807, 2.05) is 6.07 Å². The Hall–Kier alpha value is -0.420. The Morgan fingerprint density at radius 3 is 2.42 bits per heavy atom. The normalized spacial score (nSPS) is 12.5. The van der Waals surface area contributed by atoms with Crippen molar-refractivity contribution in [1.29, 1.82) is 0 Å². The first-order valence-corrected chi connectivity index (χ1v) is 7.76. The molecule has 1 rings (SSSR count). The lowest BCUT2D eigenvalue weighted by molar-refractivity contribution is 0.0498. The molecule has 0 bridgehead atoms. The van der Waals surface area contributed by atoms with E-state index in [-0.39, 0.29) is 0 Å². The zero-order valence-corrected chi connectivity index (χ0v) is 13.1. The molecular formula is C15H23BrO3. The average molecular weight is 331 g/mol. The molecule has 0 spiro atoms. The number of hydrogen-bond acceptors (Lipinski definition) is 3. The highest BCUT2D eigenvalue weighted by Crippen LogP contribution is 2.18. The van der Waals surface area contributed by atoms with Crippen LogP contribution < -0.4 is 0 Å². The first-order valence-electron chi connectivity index (χ1n) is 6.63. The summed E-state index contributed by atoms with van der Waals surface area (Å²) in [4.78, 5) is 0. The van der Waals surface area contributed by atoms with Gasteiger partial charge in [-0.2, -0.15) is 0 Å². The highest BCUT2D eigenvalue weighted by molar-refractivity contribution is 9.09. The molecular weight excluding hydrogens is 308 g/mol. The van der Waals surface area contributed by atoms with E-state index in [2.05, 4.69) is 40.2 Å². The Kier molecular flexibility index (Phi) is 9.99. The van der Waals surface area contributed by atoms with Crippen LogP contribution in [0.4, 0.5) is 0 Å². The minimum Gasteiger partial charge on any atom is -0.382 e. The van der Waals surface area contributed by atoms with Crippen molar-refractivity contribution < 1.29 is 14.2 Å². The largest absolute Gasteiger partial charge is 0.382 e. The second kappa shape index (κ2) is 11.4. The van der Waals surface area contributed by atoms with E-state index in [1.54, 1.807) is 7.11 Å². The van der Waals surface area contributed by atoms with E-state index < -0.39 is 0 Å². The van der Waals surface area contributed by atoms with Crippen molar-refractivity contribution in [2.75, 3.05) is 45.5 Å². The lowest BCUT2D eigenvalue weighted by atomic mass is 10.0. The van der Waals surface area contributed by atoms with Crippen LogP contribution in [0, 0.1) is 0 Å². The number of hydrogen-bond donors (Lipinski definition) is 0. The van der Waals surface area contributed by atoms with Crippen LogP contribution in [0.25, 0.3) is 0 Å². The Morgan fingerprint density at radius 1 is 1.00 bits per heavy atom. The van der Waals surface area contributed by atoms with Gasteiger partial charge in [-0.3, -0.25) is 0 Å². The summed E-state index contributed by atoms with van der Waals surface area (Å²) in [7, 11) is 1.68. The van der Waals surface area contributed by atoms with Crippen molar-refractivity contribution in [2.24, 2.45) is 0 Å². The summed E-state index contributed by atoms with van der Waals surface area (Å²) in [6.07, 6.45) is 0.924. The summed E-state index contributed by atoms with van der Waals surface area (Å²) in [6, 6.07) is 10.4. The van der Waals surface area contributed by atoms with Crippen LogP contribution in [-0.4, -0.2) is 45.5 Å². The monoisotopic (exact) mass is 330 g/mol. The molecule has 0 aromatic heterocycles. The Morgan fingerprint density at radius 2 is 1.74 bits per heavy atom. The third kappa shape index (κ3) is 7.67. The summed E-state index contributed by atoms with van der Waals surface area (Å²) >= 11 is 3.55. The van der Waals surface area contributed by atoms with Crippen LogP contribution >= 0.6 is 15.9 Å². The number of methoxy groups -OCH3 is 1. The van der Waals surface area contributed by atoms with Gasteiger partial charge in [0.25, 0.3) is 0 Å². The van der Waals surface area contributed by atoms with Gasteiger partial charge in [-0.15, -0.1) is 0 Å². The molecule has 1 aromatic carbocycles. The average Bonchev–Trinajstić information content (AvgIpc) is 2.47. The second-order valence-electron chi connectivity index (χ2n) is 4.30. The minimum absolute atomic E-state index is 0.413. The molecule has 3 nitrogen and oxygen atoms in total.